The average Bonchev–Trinajstić information content (AvgIpc) is 2.19. The van der Waals surface area contributed by atoms with Gasteiger partial charge in [0.25, 0.3) is 5.69 Å². The van der Waals surface area contributed by atoms with Gasteiger partial charge >= 0.3 is 0 Å². The van der Waals surface area contributed by atoms with Crippen LogP contribution in [0.1, 0.15) is 18.9 Å². The van der Waals surface area contributed by atoms with E-state index in [-0.39, 0.29) is 10.6 Å². The predicted molar refractivity (Wildman–Crippen MR) is 53.0 cm³/mol. The molecule has 0 N–H and O–H groups in total. The van der Waals surface area contributed by atoms with Crippen LogP contribution in [0.3, 0.4) is 0 Å². The number of nitro benzene ring substituents is 1. The van der Waals surface area contributed by atoms with Crippen LogP contribution in [-0.4, -0.2) is 11.5 Å². The van der Waals surface area contributed by atoms with Crippen LogP contribution in [0.5, 0.6) is 0 Å². The number of benzene rings is 1. The zero-order chi connectivity index (χ0) is 10.4. The van der Waals surface area contributed by atoms with E-state index in [0.29, 0.717) is 18.8 Å². The fourth-order valence-electron chi connectivity index (χ4n) is 1.14. The summed E-state index contributed by atoms with van der Waals surface area (Å²) < 4.78 is 5.26. The zero-order valence-corrected chi connectivity index (χ0v) is 8.10. The van der Waals surface area contributed by atoms with Gasteiger partial charge in [0.1, 0.15) is 0 Å². The molecule has 0 aliphatic heterocycles. The van der Waals surface area contributed by atoms with Crippen LogP contribution in [-0.2, 0) is 11.3 Å². The zero-order valence-electron chi connectivity index (χ0n) is 8.10. The quantitative estimate of drug-likeness (QED) is 0.412. The van der Waals surface area contributed by atoms with E-state index < -0.39 is 0 Å². The Bertz CT molecular complexity index is 312. The second-order valence-electron chi connectivity index (χ2n) is 2.94. The minimum absolute atomic E-state index is 0.128. The molecule has 0 aliphatic rings. The van der Waals surface area contributed by atoms with Gasteiger partial charge in [-0.2, -0.15) is 0 Å². The molecule has 0 aliphatic carbocycles. The maximum absolute atomic E-state index is 10.6. The lowest BCUT2D eigenvalue weighted by Gasteiger charge is -2.03. The van der Waals surface area contributed by atoms with Gasteiger partial charge in [0, 0.05) is 12.7 Å². The number of nitro groups is 1. The first-order chi connectivity index (χ1) is 6.75. The molecule has 0 bridgehead atoms. The van der Waals surface area contributed by atoms with Crippen molar-refractivity contribution in [1.82, 2.24) is 0 Å². The highest BCUT2D eigenvalue weighted by atomic mass is 16.6. The van der Waals surface area contributed by atoms with Crippen molar-refractivity contribution in [2.45, 2.75) is 20.0 Å². The van der Waals surface area contributed by atoms with E-state index >= 15 is 0 Å². The van der Waals surface area contributed by atoms with Crippen molar-refractivity contribution >= 4 is 5.69 Å². The van der Waals surface area contributed by atoms with Crippen molar-refractivity contribution in [1.29, 1.82) is 0 Å². The molecule has 0 unspecified atom stereocenters. The third-order valence-corrected chi connectivity index (χ3v) is 1.79. The normalized spacial score (nSPS) is 10.1. The Hall–Kier alpha value is -1.42. The summed E-state index contributed by atoms with van der Waals surface area (Å²) in [5.41, 5.74) is 0.759. The maximum atomic E-state index is 10.6. The highest BCUT2D eigenvalue weighted by molar-refractivity contribution is 5.39. The lowest BCUT2D eigenvalue weighted by atomic mass is 10.2. The van der Waals surface area contributed by atoms with Gasteiger partial charge in [0.15, 0.2) is 0 Å². The van der Waals surface area contributed by atoms with Crippen molar-refractivity contribution in [2.24, 2.45) is 0 Å². The molecule has 1 aromatic carbocycles. The van der Waals surface area contributed by atoms with Gasteiger partial charge in [-0.25, -0.2) is 0 Å². The topological polar surface area (TPSA) is 52.4 Å². The summed E-state index contributed by atoms with van der Waals surface area (Å²) in [6, 6.07) is 6.64. The smallest absolute Gasteiger partial charge is 0.274 e. The Kier molecular flexibility index (Phi) is 4.07. The number of ether oxygens (including phenoxy) is 1. The third kappa shape index (κ3) is 2.81. The molecule has 4 nitrogen and oxygen atoms in total. The van der Waals surface area contributed by atoms with Crippen molar-refractivity contribution in [2.75, 3.05) is 6.61 Å². The van der Waals surface area contributed by atoms with Crippen LogP contribution in [0.4, 0.5) is 5.69 Å². The summed E-state index contributed by atoms with van der Waals surface area (Å²) in [6.45, 7) is 2.94. The van der Waals surface area contributed by atoms with E-state index in [1.54, 1.807) is 18.2 Å². The van der Waals surface area contributed by atoms with Gasteiger partial charge in [-0.15, -0.1) is 0 Å². The van der Waals surface area contributed by atoms with Gasteiger partial charge in [-0.05, 0) is 12.5 Å². The van der Waals surface area contributed by atoms with E-state index in [0.717, 1.165) is 6.42 Å². The second kappa shape index (κ2) is 5.34. The SMILES string of the molecule is CCCOCc1ccccc1[N+](=O)[O-]. The van der Waals surface area contributed by atoms with Crippen molar-refractivity contribution in [3.05, 3.63) is 39.9 Å². The standard InChI is InChI=1S/C10H13NO3/c1-2-7-14-8-9-5-3-4-6-10(9)11(12)13/h3-6H,2,7-8H2,1H3. The van der Waals surface area contributed by atoms with Crippen LogP contribution < -0.4 is 0 Å². The number of hydrogen-bond donors (Lipinski definition) is 0. The highest BCUT2D eigenvalue weighted by Crippen LogP contribution is 2.18. The molecule has 76 valence electrons. The molecule has 0 fully saturated rings. The van der Waals surface area contributed by atoms with Crippen LogP contribution in [0, 0.1) is 10.1 Å². The lowest BCUT2D eigenvalue weighted by Crippen LogP contribution is -1.98. The summed E-state index contributed by atoms with van der Waals surface area (Å²) in [7, 11) is 0. The van der Waals surface area contributed by atoms with Crippen molar-refractivity contribution in [3.63, 3.8) is 0 Å². The van der Waals surface area contributed by atoms with Gasteiger partial charge in [0.2, 0.25) is 0 Å². The van der Waals surface area contributed by atoms with Crippen molar-refractivity contribution in [3.8, 4) is 0 Å². The van der Waals surface area contributed by atoms with E-state index in [2.05, 4.69) is 0 Å². The molecule has 0 saturated heterocycles. The third-order valence-electron chi connectivity index (χ3n) is 1.79. The van der Waals surface area contributed by atoms with Crippen LogP contribution in [0.25, 0.3) is 0 Å². The summed E-state index contributed by atoms with van der Waals surface area (Å²) in [4.78, 5) is 10.2. The average molecular weight is 195 g/mol. The number of hydrogen-bond acceptors (Lipinski definition) is 3. The minimum atomic E-state index is -0.384. The number of rotatable bonds is 5. The summed E-state index contributed by atoms with van der Waals surface area (Å²) in [5.74, 6) is 0. The van der Waals surface area contributed by atoms with Gasteiger partial charge in [-0.3, -0.25) is 10.1 Å². The first-order valence-corrected chi connectivity index (χ1v) is 4.55. The maximum Gasteiger partial charge on any atom is 0.274 e. The van der Waals surface area contributed by atoms with E-state index in [4.69, 9.17) is 4.74 Å². The largest absolute Gasteiger partial charge is 0.377 e. The molecule has 4 heteroatoms. The Morgan fingerprint density at radius 1 is 1.43 bits per heavy atom. The van der Waals surface area contributed by atoms with Gasteiger partial charge < -0.3 is 4.74 Å². The Morgan fingerprint density at radius 2 is 2.14 bits per heavy atom. The predicted octanol–water partition coefficient (Wildman–Crippen LogP) is 2.52. The summed E-state index contributed by atoms with van der Waals surface area (Å²) >= 11 is 0. The molecule has 1 aromatic rings. The Morgan fingerprint density at radius 3 is 2.79 bits per heavy atom. The van der Waals surface area contributed by atoms with Crippen LogP contribution >= 0.6 is 0 Å². The molecule has 0 atom stereocenters. The molecular weight excluding hydrogens is 182 g/mol. The van der Waals surface area contributed by atoms with E-state index in [1.165, 1.54) is 6.07 Å². The van der Waals surface area contributed by atoms with Crippen LogP contribution in [0.15, 0.2) is 24.3 Å². The van der Waals surface area contributed by atoms with E-state index in [1.807, 2.05) is 6.92 Å². The van der Waals surface area contributed by atoms with Crippen LogP contribution in [0.2, 0.25) is 0 Å². The van der Waals surface area contributed by atoms with Crippen molar-refractivity contribution < 1.29 is 9.66 Å². The second-order valence-corrected chi connectivity index (χ2v) is 2.94. The fourth-order valence-corrected chi connectivity index (χ4v) is 1.14. The van der Waals surface area contributed by atoms with E-state index in [9.17, 15) is 10.1 Å². The molecule has 0 radical (unpaired) electrons. The first kappa shape index (κ1) is 10.7. The number of para-hydroxylation sites is 1. The molecule has 14 heavy (non-hydrogen) atoms. The first-order valence-electron chi connectivity index (χ1n) is 4.55. The minimum Gasteiger partial charge on any atom is -0.377 e. The van der Waals surface area contributed by atoms with Gasteiger partial charge in [-0.1, -0.05) is 19.1 Å². The highest BCUT2D eigenvalue weighted by Gasteiger charge is 2.11. The number of nitrogens with zero attached hydrogens (tertiary/aromatic N) is 1. The molecule has 0 aromatic heterocycles. The lowest BCUT2D eigenvalue weighted by molar-refractivity contribution is -0.385. The Balaban J connectivity index is 2.69. The Labute approximate surface area is 82.7 Å². The fraction of sp³-hybridized carbons (Fsp3) is 0.400. The summed E-state index contributed by atoms with van der Waals surface area (Å²) in [5, 5.41) is 10.6. The molecule has 0 spiro atoms. The molecule has 1 rings (SSSR count). The molecule has 0 saturated carbocycles. The molecule has 0 heterocycles. The molecule has 0 amide bonds. The summed E-state index contributed by atoms with van der Waals surface area (Å²) in [6.07, 6.45) is 0.917. The monoisotopic (exact) mass is 195 g/mol. The molecular formula is C10H13NO3. The van der Waals surface area contributed by atoms with Gasteiger partial charge in [0.05, 0.1) is 17.1 Å².